The molecule has 2 N–H and O–H groups in total. The van der Waals surface area contributed by atoms with Gasteiger partial charge in [0.25, 0.3) is 5.91 Å². The van der Waals surface area contributed by atoms with Crippen LogP contribution >= 0.6 is 11.6 Å². The zero-order chi connectivity index (χ0) is 15.2. The van der Waals surface area contributed by atoms with Crippen LogP contribution in [-0.2, 0) is 0 Å². The minimum absolute atomic E-state index is 0.0977. The van der Waals surface area contributed by atoms with Crippen molar-refractivity contribution in [2.75, 3.05) is 6.54 Å². The van der Waals surface area contributed by atoms with E-state index in [2.05, 4.69) is 5.32 Å². The number of nitrogens with zero attached hydrogens (tertiary/aromatic N) is 1. The van der Waals surface area contributed by atoms with Crippen LogP contribution in [0.5, 0.6) is 0 Å². The molecule has 0 bridgehead atoms. The van der Waals surface area contributed by atoms with Gasteiger partial charge in [0.2, 0.25) is 0 Å². The molecule has 0 saturated heterocycles. The van der Waals surface area contributed by atoms with Crippen LogP contribution in [0.25, 0.3) is 0 Å². The van der Waals surface area contributed by atoms with Crippen molar-refractivity contribution >= 4 is 17.5 Å². The SMILES string of the molecule is N#Cc1ccc(C(=O)NCC(O)c2ccc(Cl)cc2)cc1. The van der Waals surface area contributed by atoms with E-state index in [0.29, 0.717) is 21.7 Å². The highest BCUT2D eigenvalue weighted by Gasteiger charge is 2.10. The van der Waals surface area contributed by atoms with Gasteiger partial charge in [-0.3, -0.25) is 4.79 Å². The van der Waals surface area contributed by atoms with Gasteiger partial charge < -0.3 is 10.4 Å². The minimum atomic E-state index is -0.801. The maximum Gasteiger partial charge on any atom is 0.251 e. The molecule has 2 aromatic carbocycles. The van der Waals surface area contributed by atoms with Crippen molar-refractivity contribution < 1.29 is 9.90 Å². The topological polar surface area (TPSA) is 73.1 Å². The van der Waals surface area contributed by atoms with Crippen molar-refractivity contribution in [3.63, 3.8) is 0 Å². The summed E-state index contributed by atoms with van der Waals surface area (Å²) >= 11 is 5.77. The fourth-order valence-electron chi connectivity index (χ4n) is 1.79. The quantitative estimate of drug-likeness (QED) is 0.911. The highest BCUT2D eigenvalue weighted by atomic mass is 35.5. The van der Waals surface area contributed by atoms with E-state index in [0.717, 1.165) is 0 Å². The molecule has 2 aromatic rings. The molecule has 1 unspecified atom stereocenters. The Morgan fingerprint density at radius 1 is 1.19 bits per heavy atom. The molecule has 0 heterocycles. The molecule has 106 valence electrons. The molecule has 0 saturated carbocycles. The lowest BCUT2D eigenvalue weighted by atomic mass is 10.1. The van der Waals surface area contributed by atoms with E-state index < -0.39 is 6.10 Å². The van der Waals surface area contributed by atoms with Gasteiger partial charge in [-0.1, -0.05) is 23.7 Å². The van der Waals surface area contributed by atoms with E-state index in [1.54, 1.807) is 48.5 Å². The summed E-state index contributed by atoms with van der Waals surface area (Å²) in [6.07, 6.45) is -0.801. The van der Waals surface area contributed by atoms with Gasteiger partial charge in [-0.2, -0.15) is 5.26 Å². The van der Waals surface area contributed by atoms with Crippen LogP contribution in [0.2, 0.25) is 5.02 Å². The van der Waals surface area contributed by atoms with Gasteiger partial charge in [-0.15, -0.1) is 0 Å². The summed E-state index contributed by atoms with van der Waals surface area (Å²) in [6, 6.07) is 15.1. The number of benzene rings is 2. The largest absolute Gasteiger partial charge is 0.387 e. The maximum atomic E-state index is 11.9. The third-order valence-corrected chi connectivity index (χ3v) is 3.24. The smallest absolute Gasteiger partial charge is 0.251 e. The molecule has 0 aliphatic heterocycles. The molecule has 0 aromatic heterocycles. The zero-order valence-electron chi connectivity index (χ0n) is 11.1. The zero-order valence-corrected chi connectivity index (χ0v) is 11.8. The monoisotopic (exact) mass is 300 g/mol. The van der Waals surface area contributed by atoms with Crippen LogP contribution in [0.1, 0.15) is 27.6 Å². The second kappa shape index (κ2) is 6.89. The Morgan fingerprint density at radius 3 is 2.38 bits per heavy atom. The number of carbonyl (C=O) groups is 1. The molecular formula is C16H13ClN2O2. The van der Waals surface area contributed by atoms with Crippen molar-refractivity contribution in [1.82, 2.24) is 5.32 Å². The second-order valence-electron chi connectivity index (χ2n) is 4.47. The number of halogens is 1. The highest BCUT2D eigenvalue weighted by Crippen LogP contribution is 2.15. The molecule has 0 radical (unpaired) electrons. The standard InChI is InChI=1S/C16H13ClN2O2/c17-14-7-5-12(6-8-14)15(20)10-19-16(21)13-3-1-11(9-18)2-4-13/h1-8,15,20H,10H2,(H,19,21). The number of rotatable bonds is 4. The molecule has 4 nitrogen and oxygen atoms in total. The van der Waals surface area contributed by atoms with Crippen molar-refractivity contribution in [1.29, 1.82) is 5.26 Å². The van der Waals surface area contributed by atoms with Crippen molar-refractivity contribution in [3.8, 4) is 6.07 Å². The lowest BCUT2D eigenvalue weighted by Crippen LogP contribution is -2.28. The number of carbonyl (C=O) groups excluding carboxylic acids is 1. The molecule has 0 aliphatic rings. The average Bonchev–Trinajstić information content (AvgIpc) is 2.53. The van der Waals surface area contributed by atoms with Crippen LogP contribution in [-0.4, -0.2) is 17.6 Å². The van der Waals surface area contributed by atoms with E-state index in [9.17, 15) is 9.90 Å². The van der Waals surface area contributed by atoms with Crippen LogP contribution < -0.4 is 5.32 Å². The van der Waals surface area contributed by atoms with Gasteiger partial charge >= 0.3 is 0 Å². The number of nitriles is 1. The average molecular weight is 301 g/mol. The first-order chi connectivity index (χ1) is 10.1. The van der Waals surface area contributed by atoms with E-state index in [-0.39, 0.29) is 12.5 Å². The summed E-state index contributed by atoms with van der Waals surface area (Å²) in [6.45, 7) is 0.0977. The van der Waals surface area contributed by atoms with Gasteiger partial charge in [-0.05, 0) is 42.0 Å². The van der Waals surface area contributed by atoms with E-state index >= 15 is 0 Å². The molecule has 5 heteroatoms. The Bertz CT molecular complexity index is 660. The lowest BCUT2D eigenvalue weighted by Gasteiger charge is -2.12. The summed E-state index contributed by atoms with van der Waals surface area (Å²) in [4.78, 5) is 11.9. The Labute approximate surface area is 127 Å². The summed E-state index contributed by atoms with van der Waals surface area (Å²) in [5, 5.41) is 21.9. The molecular weight excluding hydrogens is 288 g/mol. The van der Waals surface area contributed by atoms with Crippen molar-refractivity contribution in [2.24, 2.45) is 0 Å². The fourth-order valence-corrected chi connectivity index (χ4v) is 1.92. The normalized spacial score (nSPS) is 11.5. The molecule has 21 heavy (non-hydrogen) atoms. The van der Waals surface area contributed by atoms with Crippen LogP contribution in [0, 0.1) is 11.3 Å². The van der Waals surface area contributed by atoms with Gasteiger partial charge in [0.1, 0.15) is 0 Å². The van der Waals surface area contributed by atoms with Crippen LogP contribution in [0.3, 0.4) is 0 Å². The first-order valence-electron chi connectivity index (χ1n) is 6.32. The first kappa shape index (κ1) is 15.0. The predicted molar refractivity (Wildman–Crippen MR) is 79.9 cm³/mol. The van der Waals surface area contributed by atoms with Gasteiger partial charge in [0, 0.05) is 17.1 Å². The number of aliphatic hydroxyl groups excluding tert-OH is 1. The summed E-state index contributed by atoms with van der Waals surface area (Å²) in [7, 11) is 0. The molecule has 1 amide bonds. The summed E-state index contributed by atoms with van der Waals surface area (Å²) < 4.78 is 0. The van der Waals surface area contributed by atoms with Gasteiger partial charge in [0.15, 0.2) is 0 Å². The Kier molecular flexibility index (Phi) is 4.94. The number of hydrogen-bond acceptors (Lipinski definition) is 3. The Morgan fingerprint density at radius 2 is 1.81 bits per heavy atom. The third-order valence-electron chi connectivity index (χ3n) is 2.99. The Balaban J connectivity index is 1.94. The van der Waals surface area contributed by atoms with Crippen LogP contribution in [0.15, 0.2) is 48.5 Å². The maximum absolute atomic E-state index is 11.9. The lowest BCUT2D eigenvalue weighted by molar-refractivity contribution is 0.0916. The fraction of sp³-hybridized carbons (Fsp3) is 0.125. The first-order valence-corrected chi connectivity index (χ1v) is 6.70. The molecule has 0 spiro atoms. The minimum Gasteiger partial charge on any atom is -0.387 e. The predicted octanol–water partition coefficient (Wildman–Crippen LogP) is 2.68. The number of nitrogens with one attached hydrogen (secondary N) is 1. The Hall–Kier alpha value is -2.35. The molecule has 0 aliphatic carbocycles. The molecule has 1 atom stereocenters. The van der Waals surface area contributed by atoms with Gasteiger partial charge in [-0.25, -0.2) is 0 Å². The number of aliphatic hydroxyl groups is 1. The van der Waals surface area contributed by atoms with E-state index in [1.165, 1.54) is 0 Å². The number of hydrogen-bond donors (Lipinski definition) is 2. The van der Waals surface area contributed by atoms with Gasteiger partial charge in [0.05, 0.1) is 17.7 Å². The number of amides is 1. The van der Waals surface area contributed by atoms with Crippen molar-refractivity contribution in [3.05, 3.63) is 70.2 Å². The summed E-state index contributed by atoms with van der Waals surface area (Å²) in [5.41, 5.74) is 1.62. The highest BCUT2D eigenvalue weighted by molar-refractivity contribution is 6.30. The second-order valence-corrected chi connectivity index (χ2v) is 4.90. The van der Waals surface area contributed by atoms with E-state index in [1.807, 2.05) is 6.07 Å². The van der Waals surface area contributed by atoms with Crippen molar-refractivity contribution in [2.45, 2.75) is 6.10 Å². The van der Waals surface area contributed by atoms with E-state index in [4.69, 9.17) is 16.9 Å². The van der Waals surface area contributed by atoms with Crippen LogP contribution in [0.4, 0.5) is 0 Å². The third kappa shape index (κ3) is 4.06. The molecule has 2 rings (SSSR count). The molecule has 0 fully saturated rings. The summed E-state index contributed by atoms with van der Waals surface area (Å²) in [5.74, 6) is -0.299.